The molecule has 9 heavy (non-hydrogen) atoms. The Kier molecular flexibility index (Phi) is 2.85. The molecular formula is C7H14O2. The molecule has 0 bridgehead atoms. The van der Waals surface area contributed by atoms with E-state index in [9.17, 15) is 4.79 Å². The fourth-order valence-electron chi connectivity index (χ4n) is 0.318. The zero-order chi connectivity index (χ0) is 7.49. The first-order chi connectivity index (χ1) is 3.92. The van der Waals surface area contributed by atoms with E-state index in [-0.39, 0.29) is 18.0 Å². The Labute approximate surface area is 56.2 Å². The molecule has 0 saturated heterocycles. The van der Waals surface area contributed by atoms with Crippen molar-refractivity contribution in [2.24, 2.45) is 0 Å². The summed E-state index contributed by atoms with van der Waals surface area (Å²) >= 11 is 0. The molecule has 0 heterocycles. The van der Waals surface area contributed by atoms with E-state index >= 15 is 0 Å². The number of Topliss-reactive ketones (excluding diaryl/α,β-unsaturated/α-hetero) is 1. The van der Waals surface area contributed by atoms with E-state index in [1.165, 1.54) is 6.92 Å². The van der Waals surface area contributed by atoms with Crippen LogP contribution in [0.15, 0.2) is 0 Å². The summed E-state index contributed by atoms with van der Waals surface area (Å²) < 4.78 is 5.14. The molecule has 0 aromatic rings. The minimum Gasteiger partial charge on any atom is -0.368 e. The molecular weight excluding hydrogens is 116 g/mol. The molecule has 0 radical (unpaired) electrons. The second-order valence-electron chi connectivity index (χ2n) is 3.10. The highest BCUT2D eigenvalue weighted by Gasteiger charge is 2.09. The third kappa shape index (κ3) is 7.63. The summed E-state index contributed by atoms with van der Waals surface area (Å²) in [5.41, 5.74) is -0.189. The predicted octanol–water partition coefficient (Wildman–Crippen LogP) is 1.39. The van der Waals surface area contributed by atoms with Crippen LogP contribution in [0.1, 0.15) is 27.7 Å². The SMILES string of the molecule is CC(=O)COC(C)(C)C. The van der Waals surface area contributed by atoms with Gasteiger partial charge >= 0.3 is 0 Å². The van der Waals surface area contributed by atoms with Crippen LogP contribution in [0.5, 0.6) is 0 Å². The second kappa shape index (κ2) is 2.97. The standard InChI is InChI=1S/C7H14O2/c1-6(8)5-9-7(2,3)4/h5H2,1-4H3. The number of carbonyl (C=O) groups is 1. The topological polar surface area (TPSA) is 26.3 Å². The number of rotatable bonds is 2. The van der Waals surface area contributed by atoms with E-state index in [2.05, 4.69) is 0 Å². The van der Waals surface area contributed by atoms with Crippen LogP contribution in [-0.2, 0) is 9.53 Å². The average Bonchev–Trinajstić information content (AvgIpc) is 1.59. The predicted molar refractivity (Wildman–Crippen MR) is 36.4 cm³/mol. The first-order valence-corrected chi connectivity index (χ1v) is 3.05. The van der Waals surface area contributed by atoms with E-state index in [0.717, 1.165) is 0 Å². The Morgan fingerprint density at radius 3 is 2.00 bits per heavy atom. The molecule has 0 saturated carbocycles. The van der Waals surface area contributed by atoms with E-state index in [4.69, 9.17) is 4.74 Å². The molecule has 0 rings (SSSR count). The van der Waals surface area contributed by atoms with Crippen LogP contribution in [-0.4, -0.2) is 18.0 Å². The molecule has 0 aliphatic heterocycles. The van der Waals surface area contributed by atoms with E-state index in [0.29, 0.717) is 0 Å². The van der Waals surface area contributed by atoms with Gasteiger partial charge < -0.3 is 4.74 Å². The molecule has 0 atom stereocenters. The molecule has 0 unspecified atom stereocenters. The first-order valence-electron chi connectivity index (χ1n) is 3.05. The zero-order valence-corrected chi connectivity index (χ0v) is 6.52. The lowest BCUT2D eigenvalue weighted by molar-refractivity contribution is -0.126. The fraction of sp³-hybridized carbons (Fsp3) is 0.857. The maximum Gasteiger partial charge on any atom is 0.155 e. The Morgan fingerprint density at radius 2 is 1.89 bits per heavy atom. The summed E-state index contributed by atoms with van der Waals surface area (Å²) in [7, 11) is 0. The third-order valence-corrected chi connectivity index (χ3v) is 0.708. The molecule has 0 aliphatic carbocycles. The lowest BCUT2D eigenvalue weighted by atomic mass is 10.2. The van der Waals surface area contributed by atoms with Crippen molar-refractivity contribution in [1.29, 1.82) is 0 Å². The van der Waals surface area contributed by atoms with Gasteiger partial charge in [-0.15, -0.1) is 0 Å². The number of carbonyl (C=O) groups excluding carboxylic acids is 1. The summed E-state index contributed by atoms with van der Waals surface area (Å²) in [5.74, 6) is 0.0740. The van der Waals surface area contributed by atoms with E-state index in [1.54, 1.807) is 0 Å². The van der Waals surface area contributed by atoms with Crippen molar-refractivity contribution in [3.63, 3.8) is 0 Å². The lowest BCUT2D eigenvalue weighted by Crippen LogP contribution is -2.22. The quantitative estimate of drug-likeness (QED) is 0.564. The van der Waals surface area contributed by atoms with E-state index in [1.807, 2.05) is 20.8 Å². The molecule has 0 N–H and O–H groups in total. The van der Waals surface area contributed by atoms with Crippen LogP contribution >= 0.6 is 0 Å². The van der Waals surface area contributed by atoms with Crippen molar-refractivity contribution in [3.8, 4) is 0 Å². The average molecular weight is 130 g/mol. The highest BCUT2D eigenvalue weighted by atomic mass is 16.5. The summed E-state index contributed by atoms with van der Waals surface area (Å²) in [6.45, 7) is 7.52. The number of ketones is 1. The summed E-state index contributed by atoms with van der Waals surface area (Å²) in [6.07, 6.45) is 0. The van der Waals surface area contributed by atoms with E-state index < -0.39 is 0 Å². The summed E-state index contributed by atoms with van der Waals surface area (Å²) in [6, 6.07) is 0. The van der Waals surface area contributed by atoms with Crippen molar-refractivity contribution < 1.29 is 9.53 Å². The Bertz CT molecular complexity index is 100.0. The summed E-state index contributed by atoms with van der Waals surface area (Å²) in [5, 5.41) is 0. The molecule has 2 heteroatoms. The highest BCUT2D eigenvalue weighted by Crippen LogP contribution is 2.05. The maximum absolute atomic E-state index is 10.4. The Hall–Kier alpha value is -0.370. The van der Waals surface area contributed by atoms with Crippen LogP contribution in [0.25, 0.3) is 0 Å². The van der Waals surface area contributed by atoms with Crippen LogP contribution < -0.4 is 0 Å². The van der Waals surface area contributed by atoms with Crippen LogP contribution in [0.3, 0.4) is 0 Å². The fourth-order valence-corrected chi connectivity index (χ4v) is 0.318. The molecule has 0 amide bonds. The van der Waals surface area contributed by atoms with Crippen molar-refractivity contribution in [2.45, 2.75) is 33.3 Å². The molecule has 0 aromatic heterocycles. The van der Waals surface area contributed by atoms with Crippen LogP contribution in [0.4, 0.5) is 0 Å². The van der Waals surface area contributed by atoms with Gasteiger partial charge in [0.1, 0.15) is 6.61 Å². The van der Waals surface area contributed by atoms with Gasteiger partial charge in [-0.1, -0.05) is 0 Å². The molecule has 54 valence electrons. The second-order valence-corrected chi connectivity index (χ2v) is 3.10. The molecule has 0 aliphatic rings. The lowest BCUT2D eigenvalue weighted by Gasteiger charge is -2.17. The smallest absolute Gasteiger partial charge is 0.155 e. The molecule has 0 fully saturated rings. The number of hydrogen-bond donors (Lipinski definition) is 0. The monoisotopic (exact) mass is 130 g/mol. The Balaban J connectivity index is 3.39. The van der Waals surface area contributed by atoms with Gasteiger partial charge in [0.25, 0.3) is 0 Å². The molecule has 0 aromatic carbocycles. The van der Waals surface area contributed by atoms with Gasteiger partial charge in [0.2, 0.25) is 0 Å². The number of ether oxygens (including phenoxy) is 1. The Morgan fingerprint density at radius 1 is 1.44 bits per heavy atom. The van der Waals surface area contributed by atoms with Crippen molar-refractivity contribution in [1.82, 2.24) is 0 Å². The summed E-state index contributed by atoms with van der Waals surface area (Å²) in [4.78, 5) is 10.4. The minimum atomic E-state index is -0.189. The normalized spacial score (nSPS) is 11.6. The van der Waals surface area contributed by atoms with Gasteiger partial charge in [-0.05, 0) is 27.7 Å². The molecule has 0 spiro atoms. The first kappa shape index (κ1) is 8.63. The van der Waals surface area contributed by atoms with Gasteiger partial charge in [0.15, 0.2) is 5.78 Å². The minimum absolute atomic E-state index is 0.0740. The zero-order valence-electron chi connectivity index (χ0n) is 6.52. The third-order valence-electron chi connectivity index (χ3n) is 0.708. The van der Waals surface area contributed by atoms with Crippen molar-refractivity contribution >= 4 is 5.78 Å². The number of hydrogen-bond acceptors (Lipinski definition) is 2. The van der Waals surface area contributed by atoms with Gasteiger partial charge in [0.05, 0.1) is 5.60 Å². The molecule has 2 nitrogen and oxygen atoms in total. The van der Waals surface area contributed by atoms with Gasteiger partial charge in [-0.25, -0.2) is 0 Å². The van der Waals surface area contributed by atoms with Gasteiger partial charge in [-0.3, -0.25) is 4.79 Å². The highest BCUT2D eigenvalue weighted by molar-refractivity contribution is 5.76. The van der Waals surface area contributed by atoms with Gasteiger partial charge in [-0.2, -0.15) is 0 Å². The largest absolute Gasteiger partial charge is 0.368 e. The van der Waals surface area contributed by atoms with Crippen LogP contribution in [0, 0.1) is 0 Å². The van der Waals surface area contributed by atoms with Crippen molar-refractivity contribution in [2.75, 3.05) is 6.61 Å². The van der Waals surface area contributed by atoms with Crippen LogP contribution in [0.2, 0.25) is 0 Å². The maximum atomic E-state index is 10.4. The van der Waals surface area contributed by atoms with Gasteiger partial charge in [0, 0.05) is 0 Å². The van der Waals surface area contributed by atoms with Crippen molar-refractivity contribution in [3.05, 3.63) is 0 Å².